The number of anilines is 1. The Labute approximate surface area is 114 Å². The van der Waals surface area contributed by atoms with Crippen molar-refractivity contribution in [3.8, 4) is 0 Å². The zero-order valence-corrected chi connectivity index (χ0v) is 11.9. The van der Waals surface area contributed by atoms with Gasteiger partial charge in [0.1, 0.15) is 11.4 Å². The number of amides is 1. The van der Waals surface area contributed by atoms with Crippen molar-refractivity contribution in [2.24, 2.45) is 5.73 Å². The van der Waals surface area contributed by atoms with E-state index in [4.69, 9.17) is 5.73 Å². The van der Waals surface area contributed by atoms with Gasteiger partial charge < -0.3 is 11.1 Å². The van der Waals surface area contributed by atoms with E-state index in [1.54, 1.807) is 0 Å². The highest BCUT2D eigenvalue weighted by molar-refractivity contribution is 5.88. The molecule has 0 unspecified atom stereocenters. The van der Waals surface area contributed by atoms with Crippen LogP contribution in [0.2, 0.25) is 0 Å². The van der Waals surface area contributed by atoms with E-state index in [-0.39, 0.29) is 11.7 Å². The minimum atomic E-state index is -0.788. The van der Waals surface area contributed by atoms with Gasteiger partial charge in [0, 0.05) is 5.69 Å². The average molecular weight is 266 g/mol. The summed E-state index contributed by atoms with van der Waals surface area (Å²) in [6.07, 6.45) is 2.96. The number of primary amides is 1. The first kappa shape index (κ1) is 15.5. The third-order valence-corrected chi connectivity index (χ3v) is 3.25. The van der Waals surface area contributed by atoms with Crippen LogP contribution in [0.1, 0.15) is 45.1 Å². The Morgan fingerprint density at radius 2 is 1.84 bits per heavy atom. The van der Waals surface area contributed by atoms with E-state index in [1.165, 1.54) is 12.1 Å². The summed E-state index contributed by atoms with van der Waals surface area (Å²) in [5, 5.41) is 3.16. The maximum Gasteiger partial charge on any atom is 0.243 e. The second kappa shape index (κ2) is 6.55. The van der Waals surface area contributed by atoms with Crippen LogP contribution in [0.15, 0.2) is 18.2 Å². The molecule has 0 radical (unpaired) electrons. The molecule has 0 aromatic heterocycles. The lowest BCUT2D eigenvalue weighted by Gasteiger charge is -2.32. The highest BCUT2D eigenvalue weighted by atomic mass is 19.1. The molecule has 4 heteroatoms. The van der Waals surface area contributed by atoms with Crippen LogP contribution in [-0.4, -0.2) is 11.4 Å². The van der Waals surface area contributed by atoms with E-state index >= 15 is 0 Å². The number of rotatable bonds is 7. The van der Waals surface area contributed by atoms with Gasteiger partial charge in [-0.25, -0.2) is 4.39 Å². The standard InChI is InChI=1S/C15H23FN2O/c1-4-6-15(7-5-2,14(17)19)18-13-9-11(3)8-12(16)10-13/h8-10,18H,4-7H2,1-3H3,(H2,17,19). The summed E-state index contributed by atoms with van der Waals surface area (Å²) in [4.78, 5) is 11.8. The molecule has 1 rings (SSSR count). The molecule has 0 fully saturated rings. The Morgan fingerprint density at radius 3 is 2.26 bits per heavy atom. The molecule has 0 spiro atoms. The molecule has 0 aliphatic rings. The molecule has 3 nitrogen and oxygen atoms in total. The van der Waals surface area contributed by atoms with E-state index < -0.39 is 5.54 Å². The van der Waals surface area contributed by atoms with E-state index in [0.717, 1.165) is 18.4 Å². The molecule has 1 amide bonds. The van der Waals surface area contributed by atoms with Gasteiger partial charge in [0.15, 0.2) is 0 Å². The van der Waals surface area contributed by atoms with Gasteiger partial charge in [-0.2, -0.15) is 0 Å². The largest absolute Gasteiger partial charge is 0.371 e. The molecule has 1 aromatic carbocycles. The molecule has 1 aromatic rings. The number of carbonyl (C=O) groups is 1. The summed E-state index contributed by atoms with van der Waals surface area (Å²) in [6, 6.07) is 4.68. The van der Waals surface area contributed by atoms with Gasteiger partial charge in [-0.15, -0.1) is 0 Å². The second-order valence-electron chi connectivity index (χ2n) is 5.09. The molecule has 0 atom stereocenters. The smallest absolute Gasteiger partial charge is 0.243 e. The molecule has 0 saturated heterocycles. The molecule has 0 aliphatic carbocycles. The highest BCUT2D eigenvalue weighted by Gasteiger charge is 2.34. The van der Waals surface area contributed by atoms with Crippen molar-refractivity contribution < 1.29 is 9.18 Å². The van der Waals surface area contributed by atoms with E-state index in [2.05, 4.69) is 5.32 Å². The Balaban J connectivity index is 3.08. The van der Waals surface area contributed by atoms with Crippen molar-refractivity contribution in [1.29, 1.82) is 0 Å². The van der Waals surface area contributed by atoms with E-state index in [1.807, 2.05) is 26.8 Å². The molecule has 3 N–H and O–H groups in total. The van der Waals surface area contributed by atoms with Crippen molar-refractivity contribution in [3.63, 3.8) is 0 Å². The summed E-state index contributed by atoms with van der Waals surface area (Å²) in [5.41, 5.74) is 6.21. The van der Waals surface area contributed by atoms with Crippen molar-refractivity contribution in [1.82, 2.24) is 0 Å². The topological polar surface area (TPSA) is 55.1 Å². The van der Waals surface area contributed by atoms with Gasteiger partial charge in [0.05, 0.1) is 0 Å². The van der Waals surface area contributed by atoms with Gasteiger partial charge in [-0.1, -0.05) is 26.7 Å². The lowest BCUT2D eigenvalue weighted by molar-refractivity contribution is -0.122. The van der Waals surface area contributed by atoms with Crippen LogP contribution in [0.3, 0.4) is 0 Å². The van der Waals surface area contributed by atoms with E-state index in [0.29, 0.717) is 18.5 Å². The van der Waals surface area contributed by atoms with Gasteiger partial charge in [0.25, 0.3) is 0 Å². The zero-order valence-electron chi connectivity index (χ0n) is 11.9. The van der Waals surface area contributed by atoms with Crippen molar-refractivity contribution in [2.45, 2.75) is 52.0 Å². The minimum absolute atomic E-state index is 0.311. The molecule has 0 saturated carbocycles. The zero-order chi connectivity index (χ0) is 14.5. The molecular weight excluding hydrogens is 243 g/mol. The minimum Gasteiger partial charge on any atom is -0.371 e. The maximum atomic E-state index is 13.4. The molecule has 106 valence electrons. The van der Waals surface area contributed by atoms with Crippen LogP contribution in [-0.2, 0) is 4.79 Å². The number of hydrogen-bond acceptors (Lipinski definition) is 2. The summed E-state index contributed by atoms with van der Waals surface area (Å²) < 4.78 is 13.4. The Bertz CT molecular complexity index is 420. The molecule has 0 bridgehead atoms. The van der Waals surface area contributed by atoms with Crippen molar-refractivity contribution in [3.05, 3.63) is 29.6 Å². The number of benzene rings is 1. The number of carbonyl (C=O) groups excluding carboxylic acids is 1. The first-order valence-electron chi connectivity index (χ1n) is 6.79. The molecule has 0 heterocycles. The lowest BCUT2D eigenvalue weighted by Crippen LogP contribution is -2.50. The number of nitrogens with two attached hydrogens (primary N) is 1. The van der Waals surface area contributed by atoms with Crippen LogP contribution in [0.25, 0.3) is 0 Å². The third kappa shape index (κ3) is 3.94. The summed E-state index contributed by atoms with van der Waals surface area (Å²) in [7, 11) is 0. The molecule has 0 aliphatic heterocycles. The SMILES string of the molecule is CCCC(CCC)(Nc1cc(C)cc(F)c1)C(N)=O. The predicted octanol–water partition coefficient (Wildman–Crippen LogP) is 3.37. The predicted molar refractivity (Wildman–Crippen MR) is 76.5 cm³/mol. The lowest BCUT2D eigenvalue weighted by atomic mass is 9.87. The first-order chi connectivity index (χ1) is 8.93. The number of hydrogen-bond donors (Lipinski definition) is 2. The van der Waals surface area contributed by atoms with Gasteiger partial charge >= 0.3 is 0 Å². The molecular formula is C15H23FN2O. The fourth-order valence-corrected chi connectivity index (χ4v) is 2.50. The maximum absolute atomic E-state index is 13.4. The molecule has 19 heavy (non-hydrogen) atoms. The van der Waals surface area contributed by atoms with Crippen molar-refractivity contribution in [2.75, 3.05) is 5.32 Å². The first-order valence-corrected chi connectivity index (χ1v) is 6.79. The van der Waals surface area contributed by atoms with Crippen LogP contribution in [0.5, 0.6) is 0 Å². The summed E-state index contributed by atoms with van der Waals surface area (Å²) in [5.74, 6) is -0.688. The second-order valence-corrected chi connectivity index (χ2v) is 5.09. The van der Waals surface area contributed by atoms with Gasteiger partial charge in [-0.05, 0) is 43.5 Å². The fourth-order valence-electron chi connectivity index (χ4n) is 2.50. The summed E-state index contributed by atoms with van der Waals surface area (Å²) >= 11 is 0. The third-order valence-electron chi connectivity index (χ3n) is 3.25. The number of nitrogens with one attached hydrogen (secondary N) is 1. The van der Waals surface area contributed by atoms with Crippen LogP contribution in [0.4, 0.5) is 10.1 Å². The van der Waals surface area contributed by atoms with Crippen LogP contribution >= 0.6 is 0 Å². The Hall–Kier alpha value is -1.58. The average Bonchev–Trinajstić information content (AvgIpc) is 2.27. The normalized spacial score (nSPS) is 11.4. The number of halogens is 1. The highest BCUT2D eigenvalue weighted by Crippen LogP contribution is 2.26. The summed E-state index contributed by atoms with van der Waals surface area (Å²) in [6.45, 7) is 5.83. The van der Waals surface area contributed by atoms with Crippen LogP contribution in [0, 0.1) is 12.7 Å². The van der Waals surface area contributed by atoms with E-state index in [9.17, 15) is 9.18 Å². The Kier molecular flexibility index (Phi) is 5.33. The monoisotopic (exact) mass is 266 g/mol. The quantitative estimate of drug-likeness (QED) is 0.795. The van der Waals surface area contributed by atoms with Crippen molar-refractivity contribution >= 4 is 11.6 Å². The van der Waals surface area contributed by atoms with Crippen LogP contribution < -0.4 is 11.1 Å². The number of aryl methyl sites for hydroxylation is 1. The fraction of sp³-hybridized carbons (Fsp3) is 0.533. The van der Waals surface area contributed by atoms with Gasteiger partial charge in [-0.3, -0.25) is 4.79 Å². The Morgan fingerprint density at radius 1 is 1.26 bits per heavy atom. The van der Waals surface area contributed by atoms with Gasteiger partial charge in [0.2, 0.25) is 5.91 Å².